The van der Waals surface area contributed by atoms with E-state index in [0.29, 0.717) is 5.16 Å². The summed E-state index contributed by atoms with van der Waals surface area (Å²) in [5, 5.41) is 13.8. The molecule has 140 valence electrons. The highest BCUT2D eigenvalue weighted by Gasteiger charge is 2.19. The summed E-state index contributed by atoms with van der Waals surface area (Å²) in [5.74, 6) is -0.0688. The number of fused-ring (bicyclic) bond motifs is 1. The molecule has 3 aromatic carbocycles. The number of nitrogens with zero attached hydrogens (tertiary/aromatic N) is 3. The summed E-state index contributed by atoms with van der Waals surface area (Å²) >= 11 is 1.39. The number of amides is 1. The van der Waals surface area contributed by atoms with E-state index in [0.717, 1.165) is 27.7 Å². The summed E-state index contributed by atoms with van der Waals surface area (Å²) in [6.45, 7) is 3.92. The number of carbonyl (C=O) groups excluding carboxylic acids is 1. The minimum atomic E-state index is -0.328. The van der Waals surface area contributed by atoms with Gasteiger partial charge in [0.05, 0.1) is 10.9 Å². The fraction of sp³-hybridized carbons (Fsp3) is 0.136. The van der Waals surface area contributed by atoms with Crippen LogP contribution in [0.1, 0.15) is 12.5 Å². The molecule has 0 aliphatic heterocycles. The van der Waals surface area contributed by atoms with Crippen LogP contribution in [0.4, 0.5) is 5.69 Å². The molecule has 5 nitrogen and oxygen atoms in total. The maximum absolute atomic E-state index is 12.8. The number of nitrogens with one attached hydrogen (secondary N) is 1. The third-order valence-corrected chi connectivity index (χ3v) is 5.65. The summed E-state index contributed by atoms with van der Waals surface area (Å²) in [4.78, 5) is 12.8. The van der Waals surface area contributed by atoms with Crippen molar-refractivity contribution in [1.82, 2.24) is 14.8 Å². The van der Waals surface area contributed by atoms with Gasteiger partial charge in [-0.15, -0.1) is 10.2 Å². The van der Waals surface area contributed by atoms with Crippen LogP contribution in [0.3, 0.4) is 0 Å². The van der Waals surface area contributed by atoms with E-state index in [9.17, 15) is 4.79 Å². The molecule has 0 fully saturated rings. The number of rotatable bonds is 5. The zero-order valence-corrected chi connectivity index (χ0v) is 16.5. The molecule has 4 rings (SSSR count). The normalized spacial score (nSPS) is 12.1. The molecular weight excluding hydrogens is 368 g/mol. The Balaban J connectivity index is 1.53. The molecule has 4 aromatic rings. The first kappa shape index (κ1) is 18.3. The predicted molar refractivity (Wildman–Crippen MR) is 114 cm³/mol. The van der Waals surface area contributed by atoms with Crippen molar-refractivity contribution in [3.8, 4) is 5.69 Å². The number of thioether (sulfide) groups is 1. The highest BCUT2D eigenvalue weighted by molar-refractivity contribution is 8.00. The first-order valence-corrected chi connectivity index (χ1v) is 9.93. The Morgan fingerprint density at radius 2 is 1.79 bits per heavy atom. The second-order valence-corrected chi connectivity index (χ2v) is 7.85. The molecular formula is C22H20N4OS. The summed E-state index contributed by atoms with van der Waals surface area (Å²) in [6.07, 6.45) is 1.68. The van der Waals surface area contributed by atoms with Crippen LogP contribution in [-0.2, 0) is 4.79 Å². The lowest BCUT2D eigenvalue weighted by molar-refractivity contribution is -0.115. The van der Waals surface area contributed by atoms with Crippen molar-refractivity contribution < 1.29 is 4.79 Å². The predicted octanol–water partition coefficient (Wildman–Crippen LogP) is 4.85. The number of benzene rings is 3. The van der Waals surface area contributed by atoms with Gasteiger partial charge in [0, 0.05) is 11.1 Å². The van der Waals surface area contributed by atoms with E-state index in [1.807, 2.05) is 85.1 Å². The largest absolute Gasteiger partial charge is 0.325 e. The van der Waals surface area contributed by atoms with Crippen LogP contribution < -0.4 is 5.32 Å². The Morgan fingerprint density at radius 3 is 2.64 bits per heavy atom. The number of para-hydroxylation sites is 1. The number of aryl methyl sites for hydroxylation is 1. The fourth-order valence-corrected chi connectivity index (χ4v) is 3.92. The Labute approximate surface area is 167 Å². The molecule has 0 bridgehead atoms. The molecule has 0 radical (unpaired) electrons. The quantitative estimate of drug-likeness (QED) is 0.497. The van der Waals surface area contributed by atoms with Crippen LogP contribution >= 0.6 is 11.8 Å². The van der Waals surface area contributed by atoms with Gasteiger partial charge in [0.1, 0.15) is 6.33 Å². The SMILES string of the molecule is Cc1ccccc1-n1cnnc1S[C@@H](C)C(=O)Nc1cccc2ccccc12. The third kappa shape index (κ3) is 3.64. The summed E-state index contributed by atoms with van der Waals surface area (Å²) < 4.78 is 1.92. The van der Waals surface area contributed by atoms with Crippen LogP contribution in [0, 0.1) is 6.92 Å². The monoisotopic (exact) mass is 388 g/mol. The molecule has 0 unspecified atom stereocenters. The number of anilines is 1. The zero-order chi connectivity index (χ0) is 19.5. The maximum Gasteiger partial charge on any atom is 0.237 e. The lowest BCUT2D eigenvalue weighted by Gasteiger charge is -2.14. The van der Waals surface area contributed by atoms with Gasteiger partial charge in [-0.3, -0.25) is 9.36 Å². The Kier molecular flexibility index (Phi) is 5.12. The average Bonchev–Trinajstić information content (AvgIpc) is 3.16. The topological polar surface area (TPSA) is 59.8 Å². The van der Waals surface area contributed by atoms with E-state index >= 15 is 0 Å². The Hall–Kier alpha value is -3.12. The van der Waals surface area contributed by atoms with Crippen LogP contribution in [0.2, 0.25) is 0 Å². The number of hydrogen-bond acceptors (Lipinski definition) is 4. The third-order valence-electron chi connectivity index (χ3n) is 4.59. The lowest BCUT2D eigenvalue weighted by atomic mass is 10.1. The standard InChI is InChI=1S/C22H20N4OS/c1-15-8-3-6-13-20(15)26-14-23-25-22(26)28-16(2)21(27)24-19-12-7-10-17-9-4-5-11-18(17)19/h3-14,16H,1-2H3,(H,24,27)/t16-/m0/s1. The lowest BCUT2D eigenvalue weighted by Crippen LogP contribution is -2.23. The molecule has 1 aromatic heterocycles. The maximum atomic E-state index is 12.8. The van der Waals surface area contributed by atoms with Crippen LogP contribution in [0.5, 0.6) is 0 Å². The smallest absolute Gasteiger partial charge is 0.237 e. The molecule has 1 heterocycles. The molecule has 1 atom stereocenters. The van der Waals surface area contributed by atoms with Gasteiger partial charge in [-0.1, -0.05) is 66.4 Å². The molecule has 1 amide bonds. The summed E-state index contributed by atoms with van der Waals surface area (Å²) in [6, 6.07) is 22.0. The van der Waals surface area contributed by atoms with Gasteiger partial charge in [0.25, 0.3) is 0 Å². The van der Waals surface area contributed by atoms with E-state index in [2.05, 4.69) is 15.5 Å². The second kappa shape index (κ2) is 7.86. The molecule has 1 N–H and O–H groups in total. The molecule has 0 saturated carbocycles. The number of hydrogen-bond donors (Lipinski definition) is 1. The van der Waals surface area contributed by atoms with Gasteiger partial charge in [0.15, 0.2) is 5.16 Å². The molecule has 28 heavy (non-hydrogen) atoms. The van der Waals surface area contributed by atoms with Crippen molar-refractivity contribution in [1.29, 1.82) is 0 Å². The number of aromatic nitrogens is 3. The van der Waals surface area contributed by atoms with E-state index in [1.165, 1.54) is 11.8 Å². The minimum Gasteiger partial charge on any atom is -0.325 e. The zero-order valence-electron chi connectivity index (χ0n) is 15.7. The van der Waals surface area contributed by atoms with Crippen molar-refractivity contribution in [2.45, 2.75) is 24.3 Å². The van der Waals surface area contributed by atoms with Crippen molar-refractivity contribution in [2.75, 3.05) is 5.32 Å². The molecule has 0 spiro atoms. The van der Waals surface area contributed by atoms with Gasteiger partial charge in [-0.25, -0.2) is 0 Å². The molecule has 0 aliphatic rings. The highest BCUT2D eigenvalue weighted by atomic mass is 32.2. The van der Waals surface area contributed by atoms with Crippen LogP contribution in [0.25, 0.3) is 16.5 Å². The van der Waals surface area contributed by atoms with Crippen molar-refractivity contribution >= 4 is 34.1 Å². The van der Waals surface area contributed by atoms with E-state index in [1.54, 1.807) is 6.33 Å². The summed E-state index contributed by atoms with van der Waals surface area (Å²) in [5.41, 5.74) is 2.95. The molecule has 6 heteroatoms. The fourth-order valence-electron chi connectivity index (χ4n) is 3.08. The average molecular weight is 388 g/mol. The van der Waals surface area contributed by atoms with Crippen LogP contribution in [-0.4, -0.2) is 25.9 Å². The van der Waals surface area contributed by atoms with Crippen LogP contribution in [0.15, 0.2) is 78.2 Å². The van der Waals surface area contributed by atoms with Crippen molar-refractivity contribution in [3.63, 3.8) is 0 Å². The molecule has 0 aliphatic carbocycles. The van der Waals surface area contributed by atoms with E-state index in [4.69, 9.17) is 0 Å². The highest BCUT2D eigenvalue weighted by Crippen LogP contribution is 2.27. The first-order valence-electron chi connectivity index (χ1n) is 9.05. The Morgan fingerprint density at radius 1 is 1.04 bits per heavy atom. The Bertz CT molecular complexity index is 1130. The minimum absolute atomic E-state index is 0.0688. The van der Waals surface area contributed by atoms with E-state index < -0.39 is 0 Å². The van der Waals surface area contributed by atoms with Crippen molar-refractivity contribution in [3.05, 3.63) is 78.6 Å². The van der Waals surface area contributed by atoms with Gasteiger partial charge in [-0.05, 0) is 36.9 Å². The van der Waals surface area contributed by atoms with Gasteiger partial charge >= 0.3 is 0 Å². The first-order chi connectivity index (χ1) is 13.6. The number of carbonyl (C=O) groups is 1. The van der Waals surface area contributed by atoms with Gasteiger partial charge in [0.2, 0.25) is 5.91 Å². The second-order valence-electron chi connectivity index (χ2n) is 6.55. The van der Waals surface area contributed by atoms with Gasteiger partial charge < -0.3 is 5.32 Å². The molecule has 0 saturated heterocycles. The van der Waals surface area contributed by atoms with Gasteiger partial charge in [-0.2, -0.15) is 0 Å². The summed E-state index contributed by atoms with van der Waals surface area (Å²) in [7, 11) is 0. The van der Waals surface area contributed by atoms with Crippen molar-refractivity contribution in [2.24, 2.45) is 0 Å². The van der Waals surface area contributed by atoms with E-state index in [-0.39, 0.29) is 11.2 Å².